The summed E-state index contributed by atoms with van der Waals surface area (Å²) in [6.45, 7) is 12.2. The van der Waals surface area contributed by atoms with E-state index >= 15 is 0 Å². The first-order valence-electron chi connectivity index (χ1n) is 7.23. The van der Waals surface area contributed by atoms with Gasteiger partial charge in [0.25, 0.3) is 0 Å². The van der Waals surface area contributed by atoms with Gasteiger partial charge in [0, 0.05) is 11.0 Å². The maximum atomic E-state index is 10.7. The third-order valence-electron chi connectivity index (χ3n) is 4.04. The van der Waals surface area contributed by atoms with E-state index in [2.05, 4.69) is 13.8 Å². The van der Waals surface area contributed by atoms with Crippen LogP contribution < -0.4 is 0 Å². The quantitative estimate of drug-likeness (QED) is 0.846. The van der Waals surface area contributed by atoms with E-state index in [1.807, 2.05) is 27.7 Å². The molecule has 0 heterocycles. The van der Waals surface area contributed by atoms with Crippen LogP contribution in [-0.4, -0.2) is 23.4 Å². The normalized spacial score (nSPS) is 30.7. The minimum absolute atomic E-state index is 0.0405. The van der Waals surface area contributed by atoms with E-state index in [4.69, 9.17) is 9.47 Å². The maximum absolute atomic E-state index is 10.7. The third kappa shape index (κ3) is 2.29. The molecule has 2 aliphatic carbocycles. The van der Waals surface area contributed by atoms with Crippen LogP contribution in [0.2, 0.25) is 0 Å². The molecule has 0 aromatic heterocycles. The number of aliphatic hydroxyl groups excluding tert-OH is 1. The Hall–Kier alpha value is -0.960. The van der Waals surface area contributed by atoms with Crippen LogP contribution in [0.5, 0.6) is 0 Å². The molecular weight excluding hydrogens is 240 g/mol. The van der Waals surface area contributed by atoms with E-state index in [9.17, 15) is 5.11 Å². The number of rotatable bonds is 4. The van der Waals surface area contributed by atoms with Crippen molar-refractivity contribution in [2.45, 2.75) is 72.7 Å². The average molecular weight is 266 g/mol. The van der Waals surface area contributed by atoms with Crippen LogP contribution in [0.25, 0.3) is 0 Å². The van der Waals surface area contributed by atoms with Gasteiger partial charge in [-0.3, -0.25) is 0 Å². The molecular formula is C16H26O3. The van der Waals surface area contributed by atoms with Gasteiger partial charge >= 0.3 is 0 Å². The Morgan fingerprint density at radius 2 is 1.74 bits per heavy atom. The molecule has 2 atom stereocenters. The van der Waals surface area contributed by atoms with Gasteiger partial charge < -0.3 is 14.6 Å². The second-order valence-electron chi connectivity index (χ2n) is 6.50. The van der Waals surface area contributed by atoms with Crippen molar-refractivity contribution in [2.24, 2.45) is 5.41 Å². The number of allylic oxidation sites excluding steroid dienone is 2. The largest absolute Gasteiger partial charge is 0.489 e. The number of hydrogen-bond acceptors (Lipinski definition) is 3. The van der Waals surface area contributed by atoms with Crippen molar-refractivity contribution in [2.75, 3.05) is 0 Å². The summed E-state index contributed by atoms with van der Waals surface area (Å²) in [5.41, 5.74) is 2.25. The van der Waals surface area contributed by atoms with Gasteiger partial charge in [-0.15, -0.1) is 0 Å². The minimum atomic E-state index is -0.587. The van der Waals surface area contributed by atoms with Crippen LogP contribution in [-0.2, 0) is 9.47 Å². The molecule has 1 N–H and O–H groups in total. The van der Waals surface area contributed by atoms with E-state index in [1.165, 1.54) is 11.1 Å². The van der Waals surface area contributed by atoms with Gasteiger partial charge in [0.2, 0.25) is 0 Å². The van der Waals surface area contributed by atoms with Crippen molar-refractivity contribution in [3.05, 3.63) is 22.7 Å². The summed E-state index contributed by atoms with van der Waals surface area (Å²) >= 11 is 0. The van der Waals surface area contributed by atoms with Crippen molar-refractivity contribution >= 4 is 0 Å². The van der Waals surface area contributed by atoms with Gasteiger partial charge in [0.05, 0.1) is 12.2 Å². The molecule has 2 aliphatic rings. The molecule has 3 heteroatoms. The second kappa shape index (κ2) is 4.86. The number of fused-ring (bicyclic) bond motifs is 1. The standard InChI is InChI=1S/C16H26O3/c1-9(2)18-13-12-11(5)7-8-16(12,6)15(17)14(13)19-10(3)4/h9-10,15,17H,7-8H2,1-6H3/t15-,16+/m0/s1. The van der Waals surface area contributed by atoms with Crippen LogP contribution in [0, 0.1) is 5.41 Å². The average Bonchev–Trinajstić information content (AvgIpc) is 2.68. The van der Waals surface area contributed by atoms with Crippen LogP contribution in [0.15, 0.2) is 22.7 Å². The Morgan fingerprint density at radius 3 is 2.26 bits per heavy atom. The summed E-state index contributed by atoms with van der Waals surface area (Å²) in [6, 6.07) is 0. The van der Waals surface area contributed by atoms with E-state index in [0.29, 0.717) is 5.76 Å². The number of ether oxygens (including phenoxy) is 2. The van der Waals surface area contributed by atoms with Crippen LogP contribution in [0.1, 0.15) is 54.4 Å². The summed E-state index contributed by atoms with van der Waals surface area (Å²) in [5.74, 6) is 1.41. The van der Waals surface area contributed by atoms with Gasteiger partial charge in [0.1, 0.15) is 6.10 Å². The lowest BCUT2D eigenvalue weighted by molar-refractivity contribution is 0.0227. The highest BCUT2D eigenvalue weighted by Gasteiger charge is 2.53. The highest BCUT2D eigenvalue weighted by Crippen LogP contribution is 2.56. The molecule has 2 rings (SSSR count). The van der Waals surface area contributed by atoms with E-state index < -0.39 is 6.10 Å². The Bertz CT molecular complexity index is 431. The highest BCUT2D eigenvalue weighted by molar-refractivity contribution is 5.50. The summed E-state index contributed by atoms with van der Waals surface area (Å²) in [4.78, 5) is 0. The van der Waals surface area contributed by atoms with Crippen molar-refractivity contribution in [1.82, 2.24) is 0 Å². The highest BCUT2D eigenvalue weighted by atomic mass is 16.5. The Morgan fingerprint density at radius 1 is 1.16 bits per heavy atom. The summed E-state index contributed by atoms with van der Waals surface area (Å²) in [5, 5.41) is 10.7. The maximum Gasteiger partial charge on any atom is 0.168 e. The van der Waals surface area contributed by atoms with Gasteiger partial charge in [-0.2, -0.15) is 0 Å². The second-order valence-corrected chi connectivity index (χ2v) is 6.50. The molecule has 0 aromatic carbocycles. The lowest BCUT2D eigenvalue weighted by Gasteiger charge is -2.27. The van der Waals surface area contributed by atoms with Gasteiger partial charge in [-0.05, 0) is 47.5 Å². The van der Waals surface area contributed by atoms with Crippen LogP contribution in [0.4, 0.5) is 0 Å². The molecule has 0 amide bonds. The molecule has 0 saturated heterocycles. The lowest BCUT2D eigenvalue weighted by Crippen LogP contribution is -2.29. The monoisotopic (exact) mass is 266 g/mol. The van der Waals surface area contributed by atoms with Crippen LogP contribution >= 0.6 is 0 Å². The third-order valence-corrected chi connectivity index (χ3v) is 4.04. The fraction of sp³-hybridized carbons (Fsp3) is 0.750. The fourth-order valence-electron chi connectivity index (χ4n) is 3.17. The summed E-state index contributed by atoms with van der Waals surface area (Å²) in [6.07, 6.45) is 1.53. The van der Waals surface area contributed by atoms with Crippen molar-refractivity contribution in [1.29, 1.82) is 0 Å². The molecule has 0 radical (unpaired) electrons. The van der Waals surface area contributed by atoms with E-state index in [1.54, 1.807) is 0 Å². The number of aliphatic hydroxyl groups is 1. The van der Waals surface area contributed by atoms with Crippen molar-refractivity contribution in [3.8, 4) is 0 Å². The van der Waals surface area contributed by atoms with Crippen molar-refractivity contribution in [3.63, 3.8) is 0 Å². The Balaban J connectivity index is 2.48. The predicted molar refractivity (Wildman–Crippen MR) is 75.5 cm³/mol. The molecule has 0 aromatic rings. The Kier molecular flexibility index (Phi) is 3.69. The van der Waals surface area contributed by atoms with Gasteiger partial charge in [-0.25, -0.2) is 0 Å². The summed E-state index contributed by atoms with van der Waals surface area (Å²) in [7, 11) is 0. The lowest BCUT2D eigenvalue weighted by atomic mass is 9.82. The molecule has 3 nitrogen and oxygen atoms in total. The first-order valence-corrected chi connectivity index (χ1v) is 7.23. The zero-order valence-corrected chi connectivity index (χ0v) is 12.9. The topological polar surface area (TPSA) is 38.7 Å². The first kappa shape index (κ1) is 14.4. The Labute approximate surface area is 116 Å². The molecule has 19 heavy (non-hydrogen) atoms. The minimum Gasteiger partial charge on any atom is -0.489 e. The number of hydrogen-bond donors (Lipinski definition) is 1. The SMILES string of the molecule is CC1=C2C(OC(C)C)=C(OC(C)C)[C@H](O)[C@]2(C)CC1. The van der Waals surface area contributed by atoms with E-state index in [0.717, 1.165) is 18.6 Å². The van der Waals surface area contributed by atoms with Crippen molar-refractivity contribution < 1.29 is 14.6 Å². The molecule has 0 spiro atoms. The predicted octanol–water partition coefficient (Wildman–Crippen LogP) is 3.54. The molecule has 108 valence electrons. The van der Waals surface area contributed by atoms with E-state index in [-0.39, 0.29) is 17.6 Å². The fourth-order valence-corrected chi connectivity index (χ4v) is 3.17. The zero-order valence-electron chi connectivity index (χ0n) is 12.9. The molecule has 0 unspecified atom stereocenters. The first-order chi connectivity index (χ1) is 8.77. The zero-order chi connectivity index (χ0) is 14.4. The smallest absolute Gasteiger partial charge is 0.168 e. The van der Waals surface area contributed by atoms with Gasteiger partial charge in [-0.1, -0.05) is 12.5 Å². The molecule has 0 aliphatic heterocycles. The van der Waals surface area contributed by atoms with Crippen LogP contribution in [0.3, 0.4) is 0 Å². The van der Waals surface area contributed by atoms with Gasteiger partial charge in [0.15, 0.2) is 11.5 Å². The molecule has 0 fully saturated rings. The summed E-state index contributed by atoms with van der Waals surface area (Å²) < 4.78 is 11.8. The molecule has 0 saturated carbocycles. The molecule has 0 bridgehead atoms.